The predicted octanol–water partition coefficient (Wildman–Crippen LogP) is 3.04. The second kappa shape index (κ2) is 9.14. The Bertz CT molecular complexity index is 1560. The molecular weight excluding hydrogens is 458 g/mol. The lowest BCUT2D eigenvalue weighted by molar-refractivity contribution is -0.145. The third-order valence-corrected chi connectivity index (χ3v) is 6.49. The zero-order valence-corrected chi connectivity index (χ0v) is 20.9. The molecule has 0 bridgehead atoms. The third kappa shape index (κ3) is 4.21. The van der Waals surface area contributed by atoms with E-state index in [9.17, 15) is 14.4 Å². The van der Waals surface area contributed by atoms with E-state index in [4.69, 9.17) is 9.72 Å². The summed E-state index contributed by atoms with van der Waals surface area (Å²) in [6, 6.07) is 15.5. The van der Waals surface area contributed by atoms with Crippen molar-refractivity contribution in [3.05, 3.63) is 86.1 Å². The summed E-state index contributed by atoms with van der Waals surface area (Å²) in [6.07, 6.45) is 0. The van der Waals surface area contributed by atoms with Crippen LogP contribution >= 0.6 is 0 Å². The number of nitrogens with zero attached hydrogens (tertiary/aromatic N) is 5. The molecule has 9 heteroatoms. The molecule has 1 aliphatic rings. The average Bonchev–Trinajstić information content (AvgIpc) is 3.23. The van der Waals surface area contributed by atoms with Crippen LogP contribution in [0.2, 0.25) is 0 Å². The highest BCUT2D eigenvalue weighted by atomic mass is 16.5. The molecule has 2 aromatic heterocycles. The number of anilines is 2. The second-order valence-corrected chi connectivity index (χ2v) is 9.64. The Hall–Kier alpha value is -4.14. The van der Waals surface area contributed by atoms with Gasteiger partial charge in [0.2, 0.25) is 5.95 Å². The van der Waals surface area contributed by atoms with Crippen molar-refractivity contribution in [2.24, 2.45) is 13.0 Å². The van der Waals surface area contributed by atoms with Crippen molar-refractivity contribution < 1.29 is 9.53 Å². The van der Waals surface area contributed by atoms with Crippen molar-refractivity contribution in [1.29, 1.82) is 0 Å². The van der Waals surface area contributed by atoms with Gasteiger partial charge in [-0.25, -0.2) is 9.36 Å². The van der Waals surface area contributed by atoms with Crippen molar-refractivity contribution in [2.75, 3.05) is 11.4 Å². The number of benzene rings is 2. The molecule has 9 nitrogen and oxygen atoms in total. The molecule has 0 saturated heterocycles. The van der Waals surface area contributed by atoms with E-state index in [0.29, 0.717) is 23.7 Å². The summed E-state index contributed by atoms with van der Waals surface area (Å²) in [5, 5.41) is 0. The zero-order valence-electron chi connectivity index (χ0n) is 20.9. The summed E-state index contributed by atoms with van der Waals surface area (Å²) < 4.78 is 9.46. The summed E-state index contributed by atoms with van der Waals surface area (Å²) in [4.78, 5) is 46.0. The van der Waals surface area contributed by atoms with Gasteiger partial charge in [-0.3, -0.25) is 14.2 Å². The number of fused-ring (bicyclic) bond motifs is 3. The van der Waals surface area contributed by atoms with Gasteiger partial charge in [0.05, 0.1) is 0 Å². The van der Waals surface area contributed by atoms with Crippen molar-refractivity contribution >= 4 is 28.8 Å². The van der Waals surface area contributed by atoms with Crippen molar-refractivity contribution in [3.8, 4) is 0 Å². The van der Waals surface area contributed by atoms with Gasteiger partial charge in [0.15, 0.2) is 11.2 Å². The number of ether oxygens (including phenoxy) is 1. The smallest absolute Gasteiger partial charge is 0.333 e. The average molecular weight is 488 g/mol. The summed E-state index contributed by atoms with van der Waals surface area (Å²) in [5.41, 5.74) is 3.55. The fourth-order valence-corrected chi connectivity index (χ4v) is 4.88. The molecule has 36 heavy (non-hydrogen) atoms. The molecule has 4 aromatic rings. The molecule has 3 heterocycles. The predicted molar refractivity (Wildman–Crippen MR) is 138 cm³/mol. The third-order valence-electron chi connectivity index (χ3n) is 6.49. The van der Waals surface area contributed by atoms with Crippen LogP contribution < -0.4 is 16.1 Å². The van der Waals surface area contributed by atoms with Crippen molar-refractivity contribution in [3.63, 3.8) is 0 Å². The molecule has 0 spiro atoms. The van der Waals surface area contributed by atoms with Gasteiger partial charge in [-0.05, 0) is 48.6 Å². The van der Waals surface area contributed by atoms with Crippen LogP contribution in [0.5, 0.6) is 0 Å². The van der Waals surface area contributed by atoms with Crippen molar-refractivity contribution in [1.82, 2.24) is 18.7 Å². The van der Waals surface area contributed by atoms with Crippen LogP contribution in [0.4, 0.5) is 11.6 Å². The Morgan fingerprint density at radius 1 is 1.06 bits per heavy atom. The van der Waals surface area contributed by atoms with E-state index in [-0.39, 0.29) is 12.5 Å². The normalized spacial score (nSPS) is 15.2. The van der Waals surface area contributed by atoms with E-state index in [1.165, 1.54) is 4.57 Å². The number of aromatic nitrogens is 4. The maximum atomic E-state index is 13.6. The molecule has 0 fully saturated rings. The van der Waals surface area contributed by atoms with Gasteiger partial charge in [0, 0.05) is 25.8 Å². The maximum Gasteiger partial charge on any atom is 0.333 e. The first-order valence-electron chi connectivity index (χ1n) is 12.0. The first kappa shape index (κ1) is 23.6. The lowest BCUT2D eigenvalue weighted by atomic mass is 10.1. The molecule has 1 unspecified atom stereocenters. The van der Waals surface area contributed by atoms with Gasteiger partial charge in [-0.2, -0.15) is 4.98 Å². The summed E-state index contributed by atoms with van der Waals surface area (Å²) >= 11 is 0. The van der Waals surface area contributed by atoms with E-state index in [2.05, 4.69) is 30.0 Å². The minimum atomic E-state index is -0.652. The topological polar surface area (TPSA) is 91.4 Å². The van der Waals surface area contributed by atoms with E-state index < -0.39 is 23.8 Å². The Morgan fingerprint density at radius 3 is 2.44 bits per heavy atom. The van der Waals surface area contributed by atoms with Gasteiger partial charge in [-0.1, -0.05) is 43.3 Å². The quantitative estimate of drug-likeness (QED) is 0.402. The number of carbonyl (C=O) groups is 1. The first-order valence-corrected chi connectivity index (χ1v) is 12.0. The number of carbonyl (C=O) groups excluding carboxylic acids is 1. The fourth-order valence-electron chi connectivity index (χ4n) is 4.88. The van der Waals surface area contributed by atoms with E-state index in [1.807, 2.05) is 48.7 Å². The van der Waals surface area contributed by atoms with Crippen LogP contribution in [0.3, 0.4) is 0 Å². The summed E-state index contributed by atoms with van der Waals surface area (Å²) in [7, 11) is 1.57. The lowest BCUT2D eigenvalue weighted by Gasteiger charge is -2.33. The summed E-state index contributed by atoms with van der Waals surface area (Å²) in [6.45, 7) is 7.13. The van der Waals surface area contributed by atoms with Gasteiger partial charge in [0.1, 0.15) is 13.2 Å². The highest BCUT2D eigenvalue weighted by molar-refractivity contribution is 5.78. The van der Waals surface area contributed by atoms with Crippen LogP contribution in [0.15, 0.2) is 58.1 Å². The van der Waals surface area contributed by atoms with Gasteiger partial charge < -0.3 is 14.2 Å². The molecule has 1 aliphatic heterocycles. The number of hydrogen-bond donors (Lipinski definition) is 0. The molecule has 0 radical (unpaired) electrons. The van der Waals surface area contributed by atoms with E-state index in [0.717, 1.165) is 33.5 Å². The van der Waals surface area contributed by atoms with Crippen LogP contribution in [0.25, 0.3) is 11.2 Å². The Labute approximate surface area is 208 Å². The number of imidazole rings is 1. The maximum absolute atomic E-state index is 13.6. The Morgan fingerprint density at radius 2 is 1.75 bits per heavy atom. The lowest BCUT2D eigenvalue weighted by Crippen LogP contribution is -2.42. The second-order valence-electron chi connectivity index (χ2n) is 9.64. The molecule has 186 valence electrons. The summed E-state index contributed by atoms with van der Waals surface area (Å²) in [5.74, 6) is 0.197. The van der Waals surface area contributed by atoms with E-state index >= 15 is 0 Å². The molecule has 2 aromatic carbocycles. The standard InChI is InChI=1S/C27H29N5O4/c1-17-10-18(2)12-21(11-17)30-13-19(3)14-31-23-24(28-26(30)31)29(4)27(35)32(25(23)34)15-22(33)36-16-20-8-6-5-7-9-20/h5-12,19H,13-16H2,1-4H3. The number of hydrogen-bond acceptors (Lipinski definition) is 6. The van der Waals surface area contributed by atoms with Crippen LogP contribution in [-0.4, -0.2) is 31.2 Å². The SMILES string of the molecule is Cc1cc(C)cc(N2CC(C)Cn3c2nc2c3c(=O)n(CC(=O)OCc3ccccc3)c(=O)n2C)c1. The molecule has 1 atom stereocenters. The van der Waals surface area contributed by atoms with Crippen LogP contribution in [0, 0.1) is 19.8 Å². The van der Waals surface area contributed by atoms with Gasteiger partial charge in [-0.15, -0.1) is 0 Å². The number of esters is 1. The zero-order chi connectivity index (χ0) is 25.6. The minimum absolute atomic E-state index is 0.0709. The van der Waals surface area contributed by atoms with Crippen LogP contribution in [-0.2, 0) is 36.3 Å². The highest BCUT2D eigenvalue weighted by Crippen LogP contribution is 2.33. The Kier molecular flexibility index (Phi) is 5.99. The number of aryl methyl sites for hydroxylation is 3. The molecular formula is C27H29N5O4. The first-order chi connectivity index (χ1) is 17.2. The largest absolute Gasteiger partial charge is 0.459 e. The van der Waals surface area contributed by atoms with Gasteiger partial charge >= 0.3 is 11.7 Å². The fraction of sp³-hybridized carbons (Fsp3) is 0.333. The van der Waals surface area contributed by atoms with Crippen molar-refractivity contribution in [2.45, 2.75) is 40.5 Å². The van der Waals surface area contributed by atoms with Gasteiger partial charge in [0.25, 0.3) is 5.56 Å². The molecule has 0 amide bonds. The Balaban J connectivity index is 1.56. The molecule has 0 aliphatic carbocycles. The monoisotopic (exact) mass is 487 g/mol. The molecule has 0 N–H and O–H groups in total. The highest BCUT2D eigenvalue weighted by Gasteiger charge is 2.30. The molecule has 5 rings (SSSR count). The van der Waals surface area contributed by atoms with E-state index in [1.54, 1.807) is 7.05 Å². The number of rotatable bonds is 5. The van der Waals surface area contributed by atoms with Crippen LogP contribution in [0.1, 0.15) is 23.6 Å². The minimum Gasteiger partial charge on any atom is -0.459 e. The molecule has 0 saturated carbocycles.